The third-order valence-electron chi connectivity index (χ3n) is 3.81. The molecule has 2 bridgehead atoms. The summed E-state index contributed by atoms with van der Waals surface area (Å²) in [5.41, 5.74) is 0. The first-order valence-electron chi connectivity index (χ1n) is 4.68. The summed E-state index contributed by atoms with van der Waals surface area (Å²) in [5.74, 6) is -1.65. The number of hydrogen-bond donors (Lipinski definition) is 1. The predicted octanol–water partition coefficient (Wildman–Crippen LogP) is 0.682. The second-order valence-corrected chi connectivity index (χ2v) is 5.74. The van der Waals surface area contributed by atoms with E-state index in [1.54, 1.807) is 0 Å². The average Bonchev–Trinajstić information content (AvgIpc) is 2.67. The normalized spacial score (nSPS) is 53.6. The van der Waals surface area contributed by atoms with Crippen LogP contribution in [0.4, 0.5) is 0 Å². The first-order chi connectivity index (χ1) is 6.61. The summed E-state index contributed by atoms with van der Waals surface area (Å²) in [6.07, 6.45) is 0.847. The third-order valence-corrected chi connectivity index (χ3v) is 5.44. The van der Waals surface area contributed by atoms with Gasteiger partial charge in [-0.3, -0.25) is 9.59 Å². The standard InChI is InChI=1S/C9H9IO4/c10-6-2-1-3-5(4(2)8(11)12)9(13)14-7(3)6/h2-7H,1H2,(H,11,12)/t2-,3+,4?,5+,6?,7-/m0/s1. The Balaban J connectivity index is 2.04. The molecule has 0 aromatic rings. The molecule has 2 unspecified atom stereocenters. The molecule has 1 aliphatic heterocycles. The van der Waals surface area contributed by atoms with Crippen LogP contribution < -0.4 is 0 Å². The lowest BCUT2D eigenvalue weighted by Gasteiger charge is -2.25. The van der Waals surface area contributed by atoms with Gasteiger partial charge >= 0.3 is 11.9 Å². The molecule has 6 atom stereocenters. The fraction of sp³-hybridized carbons (Fsp3) is 0.778. The summed E-state index contributed by atoms with van der Waals surface area (Å²) in [6, 6.07) is 0. The molecule has 5 heteroatoms. The number of halogens is 1. The van der Waals surface area contributed by atoms with Crippen molar-refractivity contribution >= 4 is 34.5 Å². The van der Waals surface area contributed by atoms with Crippen LogP contribution in [0.3, 0.4) is 0 Å². The Labute approximate surface area is 94.1 Å². The van der Waals surface area contributed by atoms with Crippen molar-refractivity contribution in [3.05, 3.63) is 0 Å². The van der Waals surface area contributed by atoms with E-state index in [4.69, 9.17) is 9.84 Å². The molecule has 14 heavy (non-hydrogen) atoms. The van der Waals surface area contributed by atoms with Crippen LogP contribution in [0.5, 0.6) is 0 Å². The van der Waals surface area contributed by atoms with Crippen molar-refractivity contribution in [2.45, 2.75) is 16.4 Å². The van der Waals surface area contributed by atoms with Crippen LogP contribution >= 0.6 is 22.6 Å². The van der Waals surface area contributed by atoms with E-state index in [1.807, 2.05) is 0 Å². The Bertz CT molecular complexity index is 329. The van der Waals surface area contributed by atoms with Crippen LogP contribution in [0.2, 0.25) is 0 Å². The molecule has 2 aliphatic carbocycles. The molecular formula is C9H9IO4. The van der Waals surface area contributed by atoms with Crippen LogP contribution in [0, 0.1) is 23.7 Å². The van der Waals surface area contributed by atoms with Crippen LogP contribution in [0.25, 0.3) is 0 Å². The number of carbonyl (C=O) groups is 2. The van der Waals surface area contributed by atoms with E-state index in [9.17, 15) is 9.59 Å². The molecule has 1 heterocycles. The first kappa shape index (κ1) is 8.94. The van der Waals surface area contributed by atoms with E-state index in [-0.39, 0.29) is 33.8 Å². The van der Waals surface area contributed by atoms with E-state index < -0.39 is 11.9 Å². The molecule has 4 nitrogen and oxygen atoms in total. The molecule has 0 radical (unpaired) electrons. The maximum absolute atomic E-state index is 11.5. The minimum Gasteiger partial charge on any atom is -0.481 e. The van der Waals surface area contributed by atoms with Crippen molar-refractivity contribution in [3.8, 4) is 0 Å². The van der Waals surface area contributed by atoms with Crippen molar-refractivity contribution < 1.29 is 19.4 Å². The lowest BCUT2D eigenvalue weighted by Crippen LogP contribution is -2.37. The molecule has 3 rings (SSSR count). The number of hydrogen-bond acceptors (Lipinski definition) is 3. The minimum atomic E-state index is -0.832. The lowest BCUT2D eigenvalue weighted by molar-refractivity contribution is -0.151. The Morgan fingerprint density at radius 2 is 2.21 bits per heavy atom. The van der Waals surface area contributed by atoms with Gasteiger partial charge in [0.2, 0.25) is 0 Å². The Morgan fingerprint density at radius 1 is 1.50 bits per heavy atom. The zero-order valence-electron chi connectivity index (χ0n) is 7.22. The van der Waals surface area contributed by atoms with Gasteiger partial charge in [-0.05, 0) is 12.3 Å². The van der Waals surface area contributed by atoms with E-state index in [1.165, 1.54) is 0 Å². The molecule has 0 aromatic heterocycles. The molecule has 1 N–H and O–H groups in total. The van der Waals surface area contributed by atoms with Crippen molar-refractivity contribution in [1.29, 1.82) is 0 Å². The summed E-state index contributed by atoms with van der Waals surface area (Å²) in [4.78, 5) is 22.5. The number of carboxylic acid groups (broad SMARTS) is 1. The van der Waals surface area contributed by atoms with Gasteiger partial charge in [0.15, 0.2) is 0 Å². The second kappa shape index (κ2) is 2.62. The van der Waals surface area contributed by atoms with Gasteiger partial charge < -0.3 is 9.84 Å². The van der Waals surface area contributed by atoms with E-state index >= 15 is 0 Å². The smallest absolute Gasteiger partial charge is 0.310 e. The van der Waals surface area contributed by atoms with Crippen molar-refractivity contribution in [2.24, 2.45) is 23.7 Å². The molecular weight excluding hydrogens is 299 g/mol. The van der Waals surface area contributed by atoms with Gasteiger partial charge in [-0.1, -0.05) is 22.6 Å². The average molecular weight is 308 g/mol. The van der Waals surface area contributed by atoms with Gasteiger partial charge in [-0.2, -0.15) is 0 Å². The highest BCUT2D eigenvalue weighted by Crippen LogP contribution is 2.59. The molecule has 0 spiro atoms. The summed E-state index contributed by atoms with van der Waals surface area (Å²) in [6.45, 7) is 0. The number of aliphatic carboxylic acids is 1. The third kappa shape index (κ3) is 0.844. The Hall–Kier alpha value is -0.330. The number of rotatable bonds is 1. The monoisotopic (exact) mass is 308 g/mol. The predicted molar refractivity (Wildman–Crippen MR) is 53.9 cm³/mol. The summed E-state index contributed by atoms with van der Waals surface area (Å²) in [5, 5.41) is 9.08. The maximum Gasteiger partial charge on any atom is 0.310 e. The molecule has 0 amide bonds. The SMILES string of the molecule is O=C(O)C1[C@@H]2C[C@H]3[C@H](OC(=O)[C@@H]13)C2I. The fourth-order valence-electron chi connectivity index (χ4n) is 3.31. The number of esters is 1. The fourth-order valence-corrected chi connectivity index (χ4v) is 4.73. The lowest BCUT2D eigenvalue weighted by atomic mass is 9.80. The maximum atomic E-state index is 11.5. The second-order valence-electron chi connectivity index (χ2n) is 4.30. The summed E-state index contributed by atoms with van der Waals surface area (Å²) >= 11 is 2.23. The van der Waals surface area contributed by atoms with Gasteiger partial charge in [-0.15, -0.1) is 0 Å². The number of ether oxygens (including phenoxy) is 1. The van der Waals surface area contributed by atoms with Gasteiger partial charge in [-0.25, -0.2) is 0 Å². The molecule has 0 aromatic carbocycles. The minimum absolute atomic E-state index is 0.00583. The number of carboxylic acids is 1. The zero-order valence-corrected chi connectivity index (χ0v) is 9.38. The molecule has 76 valence electrons. The zero-order chi connectivity index (χ0) is 10.0. The number of fused-ring (bicyclic) bond motifs is 1. The Kier molecular flexibility index (Phi) is 1.67. The van der Waals surface area contributed by atoms with Gasteiger partial charge in [0.1, 0.15) is 6.10 Å². The molecule has 2 saturated carbocycles. The number of carbonyl (C=O) groups excluding carboxylic acids is 1. The van der Waals surface area contributed by atoms with Crippen molar-refractivity contribution in [1.82, 2.24) is 0 Å². The van der Waals surface area contributed by atoms with Crippen molar-refractivity contribution in [2.75, 3.05) is 0 Å². The van der Waals surface area contributed by atoms with Crippen LogP contribution in [-0.4, -0.2) is 27.1 Å². The van der Waals surface area contributed by atoms with Gasteiger partial charge in [0.25, 0.3) is 0 Å². The van der Waals surface area contributed by atoms with Gasteiger partial charge in [0.05, 0.1) is 15.8 Å². The van der Waals surface area contributed by atoms with Crippen LogP contribution in [0.1, 0.15) is 6.42 Å². The first-order valence-corrected chi connectivity index (χ1v) is 5.93. The highest BCUT2D eigenvalue weighted by atomic mass is 127. The Morgan fingerprint density at radius 3 is 2.86 bits per heavy atom. The quantitative estimate of drug-likeness (QED) is 0.440. The van der Waals surface area contributed by atoms with Crippen LogP contribution in [-0.2, 0) is 14.3 Å². The van der Waals surface area contributed by atoms with Gasteiger partial charge in [0, 0.05) is 5.92 Å². The largest absolute Gasteiger partial charge is 0.481 e. The molecule has 3 fully saturated rings. The highest BCUT2D eigenvalue weighted by Gasteiger charge is 2.67. The molecule has 1 saturated heterocycles. The summed E-state index contributed by atoms with van der Waals surface area (Å²) < 4.78 is 5.42. The van der Waals surface area contributed by atoms with Crippen LogP contribution in [0.15, 0.2) is 0 Å². The van der Waals surface area contributed by atoms with E-state index in [0.29, 0.717) is 0 Å². The topological polar surface area (TPSA) is 63.6 Å². The number of alkyl halides is 1. The highest BCUT2D eigenvalue weighted by molar-refractivity contribution is 14.1. The molecule has 3 aliphatic rings. The summed E-state index contributed by atoms with van der Waals surface area (Å²) in [7, 11) is 0. The van der Waals surface area contributed by atoms with Crippen molar-refractivity contribution in [3.63, 3.8) is 0 Å². The van der Waals surface area contributed by atoms with E-state index in [2.05, 4.69) is 22.6 Å². The van der Waals surface area contributed by atoms with E-state index in [0.717, 1.165) is 6.42 Å².